The van der Waals surface area contributed by atoms with Crippen LogP contribution >= 0.6 is 0 Å². The van der Waals surface area contributed by atoms with E-state index in [0.29, 0.717) is 6.10 Å². The zero-order valence-electron chi connectivity index (χ0n) is 9.36. The average molecular weight is 215 g/mol. The third kappa shape index (κ3) is 1.85. The van der Waals surface area contributed by atoms with Gasteiger partial charge >= 0.3 is 0 Å². The number of para-hydroxylation sites is 1. The fraction of sp³-hybridized carbons (Fsp3) is 0.429. The van der Waals surface area contributed by atoms with Crippen LogP contribution in [0.25, 0.3) is 0 Å². The maximum Gasteiger partial charge on any atom is 0.123 e. The fourth-order valence-corrected chi connectivity index (χ4v) is 2.65. The zero-order chi connectivity index (χ0) is 11.0. The zero-order valence-corrected chi connectivity index (χ0v) is 9.36. The molecule has 0 spiro atoms. The lowest BCUT2D eigenvalue weighted by molar-refractivity contribution is 0.232. The van der Waals surface area contributed by atoms with Crippen molar-refractivity contribution in [2.75, 3.05) is 0 Å². The van der Waals surface area contributed by atoms with Crippen molar-refractivity contribution in [1.82, 2.24) is 0 Å². The van der Waals surface area contributed by atoms with Gasteiger partial charge in [0.15, 0.2) is 0 Å². The predicted octanol–water partition coefficient (Wildman–Crippen LogP) is 2.43. The summed E-state index contributed by atoms with van der Waals surface area (Å²) in [5, 5.41) is 0. The second-order valence-electron chi connectivity index (χ2n) is 4.78. The molecule has 2 N–H and O–H groups in total. The molecule has 2 nitrogen and oxygen atoms in total. The number of rotatable bonds is 2. The summed E-state index contributed by atoms with van der Waals surface area (Å²) in [4.78, 5) is 0. The average Bonchev–Trinajstić information content (AvgIpc) is 2.84. The van der Waals surface area contributed by atoms with E-state index in [1.54, 1.807) is 0 Å². The highest BCUT2D eigenvalue weighted by Crippen LogP contribution is 2.32. The van der Waals surface area contributed by atoms with Gasteiger partial charge in [-0.3, -0.25) is 0 Å². The van der Waals surface area contributed by atoms with Crippen LogP contribution in [-0.4, -0.2) is 12.1 Å². The van der Waals surface area contributed by atoms with Crippen molar-refractivity contribution in [1.29, 1.82) is 0 Å². The lowest BCUT2D eigenvalue weighted by atomic mass is 10.0. The maximum atomic E-state index is 5.92. The number of hydrogen-bond acceptors (Lipinski definition) is 2. The minimum Gasteiger partial charge on any atom is -0.489 e. The molecule has 2 heteroatoms. The first-order valence-electron chi connectivity index (χ1n) is 6.01. The van der Waals surface area contributed by atoms with Crippen molar-refractivity contribution in [3.63, 3.8) is 0 Å². The molecule has 0 radical (unpaired) electrons. The topological polar surface area (TPSA) is 35.2 Å². The minimum absolute atomic E-state index is 0.277. The van der Waals surface area contributed by atoms with E-state index in [2.05, 4.69) is 24.3 Å². The first-order chi connectivity index (χ1) is 7.81. The molecule has 0 saturated heterocycles. The number of ether oxygens (including phenoxy) is 1. The lowest BCUT2D eigenvalue weighted by Crippen LogP contribution is -2.13. The predicted molar refractivity (Wildman–Crippen MR) is 64.5 cm³/mol. The molecule has 1 heterocycles. The molecule has 1 aromatic carbocycles. The van der Waals surface area contributed by atoms with E-state index in [9.17, 15) is 0 Å². The van der Waals surface area contributed by atoms with Gasteiger partial charge in [-0.1, -0.05) is 29.8 Å². The second-order valence-corrected chi connectivity index (χ2v) is 4.78. The Morgan fingerprint density at radius 1 is 1.31 bits per heavy atom. The van der Waals surface area contributed by atoms with Crippen LogP contribution in [0.5, 0.6) is 5.75 Å². The first-order valence-corrected chi connectivity index (χ1v) is 6.01. The monoisotopic (exact) mass is 215 g/mol. The van der Waals surface area contributed by atoms with Crippen molar-refractivity contribution in [3.05, 3.63) is 41.5 Å². The summed E-state index contributed by atoms with van der Waals surface area (Å²) < 4.78 is 5.92. The molecular formula is C14H17NO. The molecule has 0 bridgehead atoms. The van der Waals surface area contributed by atoms with Crippen LogP contribution in [0.4, 0.5) is 0 Å². The van der Waals surface area contributed by atoms with Crippen LogP contribution in [0.2, 0.25) is 0 Å². The Kier molecular flexibility index (Phi) is 2.44. The van der Waals surface area contributed by atoms with E-state index in [1.165, 1.54) is 11.1 Å². The van der Waals surface area contributed by atoms with Crippen molar-refractivity contribution in [2.24, 2.45) is 5.73 Å². The molecular weight excluding hydrogens is 198 g/mol. The van der Waals surface area contributed by atoms with Crippen LogP contribution in [0.1, 0.15) is 24.8 Å². The summed E-state index contributed by atoms with van der Waals surface area (Å²) in [6, 6.07) is 8.61. The van der Waals surface area contributed by atoms with Gasteiger partial charge in [0.2, 0.25) is 0 Å². The Morgan fingerprint density at radius 2 is 2.19 bits per heavy atom. The number of benzene rings is 1. The number of fused-ring (bicyclic) bond motifs is 1. The summed E-state index contributed by atoms with van der Waals surface area (Å²) in [5.74, 6) is 1.07. The molecule has 2 aliphatic rings. The molecule has 0 amide bonds. The van der Waals surface area contributed by atoms with Crippen molar-refractivity contribution in [3.8, 4) is 5.75 Å². The normalized spacial score (nSPS) is 27.4. The largest absolute Gasteiger partial charge is 0.489 e. The maximum absolute atomic E-state index is 5.92. The molecule has 16 heavy (non-hydrogen) atoms. The van der Waals surface area contributed by atoms with Gasteiger partial charge in [-0.2, -0.15) is 0 Å². The van der Waals surface area contributed by atoms with E-state index in [1.807, 2.05) is 6.07 Å². The van der Waals surface area contributed by atoms with Gasteiger partial charge in [-0.05, 0) is 24.5 Å². The Morgan fingerprint density at radius 3 is 2.94 bits per heavy atom. The van der Waals surface area contributed by atoms with E-state index >= 15 is 0 Å². The van der Waals surface area contributed by atoms with Gasteiger partial charge in [-0.15, -0.1) is 0 Å². The summed E-state index contributed by atoms with van der Waals surface area (Å²) >= 11 is 0. The highest BCUT2D eigenvalue weighted by Gasteiger charge is 2.24. The summed E-state index contributed by atoms with van der Waals surface area (Å²) in [7, 11) is 0. The van der Waals surface area contributed by atoms with Gasteiger partial charge < -0.3 is 10.5 Å². The van der Waals surface area contributed by atoms with E-state index in [-0.39, 0.29) is 6.04 Å². The SMILES string of the molecule is NC1C=C(CC2Cc3ccccc3O2)CC1. The van der Waals surface area contributed by atoms with E-state index in [4.69, 9.17) is 10.5 Å². The molecule has 0 aromatic heterocycles. The smallest absolute Gasteiger partial charge is 0.123 e. The van der Waals surface area contributed by atoms with Crippen LogP contribution in [0.15, 0.2) is 35.9 Å². The Hall–Kier alpha value is -1.28. The first kappa shape index (κ1) is 9.91. The number of nitrogens with two attached hydrogens (primary N) is 1. The third-order valence-electron chi connectivity index (χ3n) is 3.45. The second kappa shape index (κ2) is 3.95. The Bertz CT molecular complexity index is 399. The highest BCUT2D eigenvalue weighted by atomic mass is 16.5. The minimum atomic E-state index is 0.277. The quantitative estimate of drug-likeness (QED) is 0.769. The van der Waals surface area contributed by atoms with Crippen molar-refractivity contribution < 1.29 is 4.74 Å². The molecule has 2 atom stereocenters. The van der Waals surface area contributed by atoms with E-state index < -0.39 is 0 Å². The van der Waals surface area contributed by atoms with Gasteiger partial charge in [0, 0.05) is 18.9 Å². The third-order valence-corrected chi connectivity index (χ3v) is 3.45. The van der Waals surface area contributed by atoms with Crippen molar-refractivity contribution in [2.45, 2.75) is 37.8 Å². The molecule has 1 aromatic rings. The van der Waals surface area contributed by atoms with Crippen LogP contribution in [0.3, 0.4) is 0 Å². The molecule has 3 rings (SSSR count). The van der Waals surface area contributed by atoms with Crippen LogP contribution in [0, 0.1) is 0 Å². The van der Waals surface area contributed by atoms with Crippen molar-refractivity contribution >= 4 is 0 Å². The van der Waals surface area contributed by atoms with Crippen LogP contribution in [-0.2, 0) is 6.42 Å². The highest BCUT2D eigenvalue weighted by molar-refractivity contribution is 5.37. The number of hydrogen-bond donors (Lipinski definition) is 1. The van der Waals surface area contributed by atoms with Gasteiger partial charge in [0.25, 0.3) is 0 Å². The summed E-state index contributed by atoms with van der Waals surface area (Å²) in [5.41, 5.74) is 8.69. The van der Waals surface area contributed by atoms with Gasteiger partial charge in [-0.25, -0.2) is 0 Å². The standard InChI is InChI=1S/C14H17NO/c15-12-6-5-10(7-12)8-13-9-11-3-1-2-4-14(11)16-13/h1-4,7,12-13H,5-6,8-9,15H2. The van der Waals surface area contributed by atoms with Crippen LogP contribution < -0.4 is 10.5 Å². The van der Waals surface area contributed by atoms with Gasteiger partial charge in [0.1, 0.15) is 11.9 Å². The lowest BCUT2D eigenvalue weighted by Gasteiger charge is -2.10. The molecule has 84 valence electrons. The molecule has 0 saturated carbocycles. The molecule has 0 fully saturated rings. The molecule has 2 unspecified atom stereocenters. The Labute approximate surface area is 96.1 Å². The summed E-state index contributed by atoms with van der Waals surface area (Å²) in [6.07, 6.45) is 6.89. The van der Waals surface area contributed by atoms with E-state index in [0.717, 1.165) is 31.4 Å². The summed E-state index contributed by atoms with van der Waals surface area (Å²) in [6.45, 7) is 0. The Balaban J connectivity index is 1.66. The molecule has 1 aliphatic heterocycles. The van der Waals surface area contributed by atoms with Gasteiger partial charge in [0.05, 0.1) is 0 Å². The fourth-order valence-electron chi connectivity index (χ4n) is 2.65. The molecule has 1 aliphatic carbocycles.